The number of hydrogen-bond acceptors (Lipinski definition) is 3. The van der Waals surface area contributed by atoms with Crippen LogP contribution in [0.2, 0.25) is 0 Å². The summed E-state index contributed by atoms with van der Waals surface area (Å²) in [5, 5.41) is 3.02. The van der Waals surface area contributed by atoms with Gasteiger partial charge in [-0.25, -0.2) is 0 Å². The number of aryl methyl sites for hydroxylation is 3. The molecule has 2 rings (SSSR count). The third-order valence-corrected chi connectivity index (χ3v) is 5.04. The highest BCUT2D eigenvalue weighted by Crippen LogP contribution is 2.19. The van der Waals surface area contributed by atoms with Gasteiger partial charge in [-0.1, -0.05) is 37.3 Å². The Hall–Kier alpha value is -2.82. The van der Waals surface area contributed by atoms with E-state index in [1.165, 1.54) is 0 Å². The number of carbonyl (C=O) groups excluding carboxylic acids is 2. The summed E-state index contributed by atoms with van der Waals surface area (Å²) in [6.07, 6.45) is 0.517. The Morgan fingerprint density at radius 2 is 1.65 bits per heavy atom. The molecule has 0 aliphatic carbocycles. The predicted molar refractivity (Wildman–Crippen MR) is 125 cm³/mol. The van der Waals surface area contributed by atoms with Crippen molar-refractivity contribution in [1.82, 2.24) is 10.2 Å². The summed E-state index contributed by atoms with van der Waals surface area (Å²) in [6, 6.07) is 13.2. The number of ether oxygens (including phenoxy) is 1. The Balaban J connectivity index is 2.27. The van der Waals surface area contributed by atoms with Crippen molar-refractivity contribution in [1.29, 1.82) is 0 Å². The molecule has 0 aliphatic rings. The van der Waals surface area contributed by atoms with E-state index in [9.17, 15) is 9.59 Å². The van der Waals surface area contributed by atoms with Crippen LogP contribution in [0.4, 0.5) is 0 Å². The SMILES string of the molecule is CCC(C(=O)NC(C)(C)C)N(Cc1ccccc1C)C(=O)COc1cc(C)cc(C)c1. The Labute approximate surface area is 186 Å². The zero-order chi connectivity index (χ0) is 23.2. The van der Waals surface area contributed by atoms with E-state index >= 15 is 0 Å². The fourth-order valence-corrected chi connectivity index (χ4v) is 3.59. The van der Waals surface area contributed by atoms with Gasteiger partial charge in [0, 0.05) is 12.1 Å². The molecule has 1 unspecified atom stereocenters. The van der Waals surface area contributed by atoms with Crippen molar-refractivity contribution >= 4 is 11.8 Å². The normalized spacial score (nSPS) is 12.2. The van der Waals surface area contributed by atoms with Crippen LogP contribution >= 0.6 is 0 Å². The standard InChI is InChI=1S/C26H36N2O3/c1-8-23(25(30)27-26(5,6)7)28(16-21-12-10-9-11-20(21)4)24(29)17-31-22-14-18(2)13-19(3)15-22/h9-15,23H,8,16-17H2,1-7H3,(H,27,30). The number of carbonyl (C=O) groups is 2. The first-order valence-corrected chi connectivity index (χ1v) is 10.9. The van der Waals surface area contributed by atoms with E-state index in [0.717, 1.165) is 22.3 Å². The van der Waals surface area contributed by atoms with Crippen molar-refractivity contribution in [3.05, 3.63) is 64.7 Å². The van der Waals surface area contributed by atoms with Crippen LogP contribution in [-0.2, 0) is 16.1 Å². The van der Waals surface area contributed by atoms with Crippen LogP contribution < -0.4 is 10.1 Å². The topological polar surface area (TPSA) is 58.6 Å². The van der Waals surface area contributed by atoms with Gasteiger partial charge in [-0.05, 0) is 82.3 Å². The van der Waals surface area contributed by atoms with Crippen LogP contribution in [0.1, 0.15) is 56.4 Å². The van der Waals surface area contributed by atoms with Crippen molar-refractivity contribution in [2.75, 3.05) is 6.61 Å². The van der Waals surface area contributed by atoms with Crippen LogP contribution in [-0.4, -0.2) is 34.9 Å². The second-order valence-electron chi connectivity index (χ2n) is 9.22. The quantitative estimate of drug-likeness (QED) is 0.667. The lowest BCUT2D eigenvalue weighted by Gasteiger charge is -2.33. The van der Waals surface area contributed by atoms with Gasteiger partial charge in [0.05, 0.1) is 0 Å². The first kappa shape index (κ1) is 24.4. The number of benzene rings is 2. The molecule has 1 N–H and O–H groups in total. The summed E-state index contributed by atoms with van der Waals surface area (Å²) in [5.41, 5.74) is 3.88. The van der Waals surface area contributed by atoms with Gasteiger partial charge in [0.15, 0.2) is 6.61 Å². The maximum atomic E-state index is 13.3. The lowest BCUT2D eigenvalue weighted by atomic mass is 10.0. The van der Waals surface area contributed by atoms with Gasteiger partial charge in [0.25, 0.3) is 5.91 Å². The molecule has 1 atom stereocenters. The average Bonchev–Trinajstić information content (AvgIpc) is 2.65. The molecule has 0 aromatic heterocycles. The lowest BCUT2D eigenvalue weighted by molar-refractivity contribution is -0.143. The van der Waals surface area contributed by atoms with Crippen molar-refractivity contribution < 1.29 is 14.3 Å². The van der Waals surface area contributed by atoms with Crippen LogP contribution in [0.15, 0.2) is 42.5 Å². The van der Waals surface area contributed by atoms with E-state index in [2.05, 4.69) is 11.4 Å². The highest BCUT2D eigenvalue weighted by molar-refractivity contribution is 5.88. The van der Waals surface area contributed by atoms with E-state index in [1.807, 2.05) is 84.9 Å². The van der Waals surface area contributed by atoms with Crippen molar-refractivity contribution in [2.45, 2.75) is 73.0 Å². The second kappa shape index (κ2) is 10.5. The summed E-state index contributed by atoms with van der Waals surface area (Å²) >= 11 is 0. The molecule has 0 radical (unpaired) electrons. The molecule has 5 heteroatoms. The van der Waals surface area contributed by atoms with Gasteiger partial charge < -0.3 is 15.0 Å². The molecule has 168 valence electrons. The molecule has 2 aromatic carbocycles. The maximum absolute atomic E-state index is 13.3. The Bertz CT molecular complexity index is 895. The molecular weight excluding hydrogens is 388 g/mol. The first-order chi connectivity index (χ1) is 14.5. The highest BCUT2D eigenvalue weighted by atomic mass is 16.5. The Morgan fingerprint density at radius 1 is 1.03 bits per heavy atom. The molecule has 5 nitrogen and oxygen atoms in total. The average molecular weight is 425 g/mol. The van der Waals surface area contributed by atoms with Crippen molar-refractivity contribution in [3.8, 4) is 5.75 Å². The molecule has 0 aliphatic heterocycles. The fraction of sp³-hybridized carbons (Fsp3) is 0.462. The summed E-state index contributed by atoms with van der Waals surface area (Å²) in [4.78, 5) is 28.0. The molecule has 0 fully saturated rings. The highest BCUT2D eigenvalue weighted by Gasteiger charge is 2.31. The number of nitrogens with zero attached hydrogens (tertiary/aromatic N) is 1. The largest absolute Gasteiger partial charge is 0.484 e. The lowest BCUT2D eigenvalue weighted by Crippen LogP contribution is -2.54. The van der Waals surface area contributed by atoms with E-state index in [4.69, 9.17) is 4.74 Å². The van der Waals surface area contributed by atoms with E-state index in [0.29, 0.717) is 18.7 Å². The summed E-state index contributed by atoms with van der Waals surface area (Å²) in [7, 11) is 0. The zero-order valence-corrected chi connectivity index (χ0v) is 19.9. The minimum Gasteiger partial charge on any atom is -0.484 e. The number of amides is 2. The predicted octanol–water partition coefficient (Wildman–Crippen LogP) is 4.71. The molecule has 0 bridgehead atoms. The number of nitrogens with one attached hydrogen (secondary N) is 1. The summed E-state index contributed by atoms with van der Waals surface area (Å²) < 4.78 is 5.83. The molecular formula is C26H36N2O3. The smallest absolute Gasteiger partial charge is 0.261 e. The Morgan fingerprint density at radius 3 is 2.19 bits per heavy atom. The summed E-state index contributed by atoms with van der Waals surface area (Å²) in [6.45, 7) is 14.0. The first-order valence-electron chi connectivity index (χ1n) is 10.9. The van der Waals surface area contributed by atoms with Gasteiger partial charge in [-0.15, -0.1) is 0 Å². The molecule has 2 aromatic rings. The van der Waals surface area contributed by atoms with Crippen LogP contribution in [0.25, 0.3) is 0 Å². The van der Waals surface area contributed by atoms with Gasteiger partial charge in [0.2, 0.25) is 5.91 Å². The minimum atomic E-state index is -0.575. The van der Waals surface area contributed by atoms with Crippen LogP contribution in [0.3, 0.4) is 0 Å². The summed E-state index contributed by atoms with van der Waals surface area (Å²) in [5.74, 6) is 0.301. The van der Waals surface area contributed by atoms with Crippen LogP contribution in [0.5, 0.6) is 5.75 Å². The third-order valence-electron chi connectivity index (χ3n) is 5.04. The molecule has 0 saturated heterocycles. The maximum Gasteiger partial charge on any atom is 0.261 e. The molecule has 31 heavy (non-hydrogen) atoms. The van der Waals surface area contributed by atoms with E-state index < -0.39 is 6.04 Å². The Kier molecular flexibility index (Phi) is 8.26. The second-order valence-corrected chi connectivity index (χ2v) is 9.22. The van der Waals surface area contributed by atoms with Gasteiger partial charge in [0.1, 0.15) is 11.8 Å². The monoisotopic (exact) mass is 424 g/mol. The van der Waals surface area contributed by atoms with Gasteiger partial charge in [-0.3, -0.25) is 9.59 Å². The van der Waals surface area contributed by atoms with E-state index in [-0.39, 0.29) is 24.0 Å². The fourth-order valence-electron chi connectivity index (χ4n) is 3.59. The minimum absolute atomic E-state index is 0.117. The van der Waals surface area contributed by atoms with Gasteiger partial charge in [-0.2, -0.15) is 0 Å². The third kappa shape index (κ3) is 7.42. The van der Waals surface area contributed by atoms with Crippen LogP contribution in [0, 0.1) is 20.8 Å². The van der Waals surface area contributed by atoms with E-state index in [1.54, 1.807) is 4.90 Å². The number of rotatable bonds is 8. The molecule has 0 saturated carbocycles. The molecule has 0 heterocycles. The zero-order valence-electron chi connectivity index (χ0n) is 19.9. The molecule has 2 amide bonds. The van der Waals surface area contributed by atoms with Crippen molar-refractivity contribution in [3.63, 3.8) is 0 Å². The molecule has 0 spiro atoms. The van der Waals surface area contributed by atoms with Crippen molar-refractivity contribution in [2.24, 2.45) is 0 Å². The number of hydrogen-bond donors (Lipinski definition) is 1. The van der Waals surface area contributed by atoms with Gasteiger partial charge >= 0.3 is 0 Å².